The van der Waals surface area contributed by atoms with Gasteiger partial charge in [-0.25, -0.2) is 4.98 Å². The Morgan fingerprint density at radius 2 is 2.43 bits per heavy atom. The standard InChI is InChI=1S/C9H11BrClN3/c10-8-3-6(11)4-13-9(8)14-2-1-7(12)5-14/h3-4,7H,1-2,5,12H2. The zero-order valence-corrected chi connectivity index (χ0v) is 9.92. The van der Waals surface area contributed by atoms with Crippen molar-refractivity contribution >= 4 is 33.3 Å². The van der Waals surface area contributed by atoms with Crippen molar-refractivity contribution in [2.45, 2.75) is 12.5 Å². The second-order valence-corrected chi connectivity index (χ2v) is 4.74. The lowest BCUT2D eigenvalue weighted by Gasteiger charge is -2.18. The zero-order chi connectivity index (χ0) is 10.1. The average molecular weight is 277 g/mol. The van der Waals surface area contributed by atoms with Gasteiger partial charge >= 0.3 is 0 Å². The van der Waals surface area contributed by atoms with Crippen LogP contribution in [-0.2, 0) is 0 Å². The summed E-state index contributed by atoms with van der Waals surface area (Å²) in [6, 6.07) is 2.12. The van der Waals surface area contributed by atoms with Crippen molar-refractivity contribution < 1.29 is 0 Å². The van der Waals surface area contributed by atoms with Gasteiger partial charge in [-0.1, -0.05) is 11.6 Å². The SMILES string of the molecule is NC1CCN(c2ncc(Cl)cc2Br)C1. The summed E-state index contributed by atoms with van der Waals surface area (Å²) in [7, 11) is 0. The van der Waals surface area contributed by atoms with Crippen molar-refractivity contribution in [1.82, 2.24) is 4.98 Å². The Morgan fingerprint density at radius 3 is 3.00 bits per heavy atom. The van der Waals surface area contributed by atoms with Crippen LogP contribution < -0.4 is 10.6 Å². The minimum atomic E-state index is 0.263. The molecule has 1 aliphatic rings. The van der Waals surface area contributed by atoms with E-state index in [9.17, 15) is 0 Å². The normalized spacial score (nSPS) is 21.6. The molecule has 1 aromatic rings. The van der Waals surface area contributed by atoms with Gasteiger partial charge in [0.05, 0.1) is 9.50 Å². The molecular weight excluding hydrogens is 265 g/mol. The number of aromatic nitrogens is 1. The van der Waals surface area contributed by atoms with Crippen LogP contribution in [0.2, 0.25) is 5.02 Å². The van der Waals surface area contributed by atoms with E-state index < -0.39 is 0 Å². The van der Waals surface area contributed by atoms with E-state index >= 15 is 0 Å². The molecule has 1 atom stereocenters. The molecule has 2 heterocycles. The van der Waals surface area contributed by atoms with Gasteiger partial charge in [-0.3, -0.25) is 0 Å². The molecule has 14 heavy (non-hydrogen) atoms. The van der Waals surface area contributed by atoms with E-state index in [4.69, 9.17) is 17.3 Å². The molecule has 0 bridgehead atoms. The topological polar surface area (TPSA) is 42.1 Å². The van der Waals surface area contributed by atoms with Crippen LogP contribution >= 0.6 is 27.5 Å². The van der Waals surface area contributed by atoms with Crippen molar-refractivity contribution in [2.75, 3.05) is 18.0 Å². The Balaban J connectivity index is 2.24. The van der Waals surface area contributed by atoms with Gasteiger partial charge in [-0.15, -0.1) is 0 Å². The summed E-state index contributed by atoms with van der Waals surface area (Å²) in [5, 5.41) is 0.643. The third kappa shape index (κ3) is 2.02. The maximum Gasteiger partial charge on any atom is 0.143 e. The van der Waals surface area contributed by atoms with Gasteiger partial charge in [-0.05, 0) is 28.4 Å². The summed E-state index contributed by atoms with van der Waals surface area (Å²) in [6.07, 6.45) is 2.68. The molecule has 0 aliphatic carbocycles. The largest absolute Gasteiger partial charge is 0.354 e. The van der Waals surface area contributed by atoms with Gasteiger partial charge < -0.3 is 10.6 Å². The summed E-state index contributed by atoms with van der Waals surface area (Å²) in [5.41, 5.74) is 5.83. The molecule has 0 saturated carbocycles. The van der Waals surface area contributed by atoms with Crippen molar-refractivity contribution in [2.24, 2.45) is 5.73 Å². The second-order valence-electron chi connectivity index (χ2n) is 3.45. The first-order valence-electron chi connectivity index (χ1n) is 4.48. The maximum absolute atomic E-state index is 5.83. The van der Waals surface area contributed by atoms with Crippen molar-refractivity contribution in [1.29, 1.82) is 0 Å². The molecule has 76 valence electrons. The van der Waals surface area contributed by atoms with Crippen LogP contribution in [0.4, 0.5) is 5.82 Å². The van der Waals surface area contributed by atoms with E-state index in [1.807, 2.05) is 6.07 Å². The highest BCUT2D eigenvalue weighted by atomic mass is 79.9. The van der Waals surface area contributed by atoms with Gasteiger partial charge in [0.1, 0.15) is 5.82 Å². The molecule has 1 aromatic heterocycles. The van der Waals surface area contributed by atoms with Crippen LogP contribution in [0.3, 0.4) is 0 Å². The first kappa shape index (κ1) is 10.2. The summed E-state index contributed by atoms with van der Waals surface area (Å²) in [5.74, 6) is 0.933. The molecule has 0 radical (unpaired) electrons. The molecule has 1 saturated heterocycles. The molecule has 1 aliphatic heterocycles. The van der Waals surface area contributed by atoms with Crippen LogP contribution in [0.1, 0.15) is 6.42 Å². The minimum Gasteiger partial charge on any atom is -0.354 e. The molecule has 3 nitrogen and oxygen atoms in total. The fourth-order valence-corrected chi connectivity index (χ4v) is 2.51. The third-order valence-electron chi connectivity index (χ3n) is 2.31. The number of rotatable bonds is 1. The van der Waals surface area contributed by atoms with Gasteiger partial charge in [0, 0.05) is 25.3 Å². The molecule has 0 aromatic carbocycles. The lowest BCUT2D eigenvalue weighted by atomic mass is 10.3. The lowest BCUT2D eigenvalue weighted by Crippen LogP contribution is -2.27. The fourth-order valence-electron chi connectivity index (χ4n) is 1.62. The number of nitrogens with zero attached hydrogens (tertiary/aromatic N) is 2. The number of hydrogen-bond acceptors (Lipinski definition) is 3. The Bertz CT molecular complexity index is 345. The average Bonchev–Trinajstić information content (AvgIpc) is 2.51. The maximum atomic E-state index is 5.83. The van der Waals surface area contributed by atoms with Crippen molar-refractivity contribution in [3.05, 3.63) is 21.8 Å². The van der Waals surface area contributed by atoms with E-state index in [-0.39, 0.29) is 6.04 Å². The molecular formula is C9H11BrClN3. The zero-order valence-electron chi connectivity index (χ0n) is 7.58. The molecule has 2 N–H and O–H groups in total. The summed E-state index contributed by atoms with van der Waals surface area (Å²) in [6.45, 7) is 1.83. The number of nitrogens with two attached hydrogens (primary N) is 1. The van der Waals surface area contributed by atoms with E-state index in [0.717, 1.165) is 29.8 Å². The molecule has 0 spiro atoms. The van der Waals surface area contributed by atoms with Gasteiger partial charge in [-0.2, -0.15) is 0 Å². The number of pyridine rings is 1. The Kier molecular flexibility index (Phi) is 2.95. The molecule has 5 heteroatoms. The quantitative estimate of drug-likeness (QED) is 0.853. The second kappa shape index (κ2) is 4.04. The monoisotopic (exact) mass is 275 g/mol. The Morgan fingerprint density at radius 1 is 1.64 bits per heavy atom. The van der Waals surface area contributed by atoms with Crippen molar-refractivity contribution in [3.63, 3.8) is 0 Å². The summed E-state index contributed by atoms with van der Waals surface area (Å²) < 4.78 is 0.930. The van der Waals surface area contributed by atoms with E-state index in [1.165, 1.54) is 0 Å². The molecule has 1 unspecified atom stereocenters. The highest BCUT2D eigenvalue weighted by Gasteiger charge is 2.21. The number of hydrogen-bond donors (Lipinski definition) is 1. The van der Waals surface area contributed by atoms with Crippen LogP contribution in [0.5, 0.6) is 0 Å². The molecule has 0 amide bonds. The van der Waals surface area contributed by atoms with E-state index in [2.05, 4.69) is 25.8 Å². The summed E-state index contributed by atoms with van der Waals surface area (Å²) in [4.78, 5) is 6.46. The Hall–Kier alpha value is -0.320. The van der Waals surface area contributed by atoms with Gasteiger partial charge in [0.15, 0.2) is 0 Å². The number of anilines is 1. The van der Waals surface area contributed by atoms with Gasteiger partial charge in [0.2, 0.25) is 0 Å². The predicted octanol–water partition coefficient (Wildman–Crippen LogP) is 2.03. The molecule has 1 fully saturated rings. The van der Waals surface area contributed by atoms with Crippen molar-refractivity contribution in [3.8, 4) is 0 Å². The van der Waals surface area contributed by atoms with E-state index in [1.54, 1.807) is 6.20 Å². The van der Waals surface area contributed by atoms with E-state index in [0.29, 0.717) is 5.02 Å². The first-order chi connectivity index (χ1) is 6.66. The number of halogens is 2. The van der Waals surface area contributed by atoms with Crippen LogP contribution in [0, 0.1) is 0 Å². The summed E-state index contributed by atoms with van der Waals surface area (Å²) >= 11 is 9.26. The third-order valence-corrected chi connectivity index (χ3v) is 3.10. The van der Waals surface area contributed by atoms with Crippen LogP contribution in [-0.4, -0.2) is 24.1 Å². The van der Waals surface area contributed by atoms with Crippen LogP contribution in [0.15, 0.2) is 16.7 Å². The lowest BCUT2D eigenvalue weighted by molar-refractivity contribution is 0.751. The first-order valence-corrected chi connectivity index (χ1v) is 5.65. The highest BCUT2D eigenvalue weighted by molar-refractivity contribution is 9.10. The predicted molar refractivity (Wildman–Crippen MR) is 61.8 cm³/mol. The molecule has 2 rings (SSSR count). The highest BCUT2D eigenvalue weighted by Crippen LogP contribution is 2.28. The minimum absolute atomic E-state index is 0.263. The van der Waals surface area contributed by atoms with Gasteiger partial charge in [0.25, 0.3) is 0 Å². The van der Waals surface area contributed by atoms with Crippen LogP contribution in [0.25, 0.3) is 0 Å². The smallest absolute Gasteiger partial charge is 0.143 e. The Labute approximate surface area is 96.4 Å². The fraction of sp³-hybridized carbons (Fsp3) is 0.444.